The van der Waals surface area contributed by atoms with Crippen molar-refractivity contribution in [2.75, 3.05) is 0 Å². The Labute approximate surface area is 138 Å². The average molecular weight is 342 g/mol. The predicted octanol–water partition coefficient (Wildman–Crippen LogP) is 1.38. The van der Waals surface area contributed by atoms with Crippen LogP contribution in [0.25, 0.3) is 0 Å². The summed E-state index contributed by atoms with van der Waals surface area (Å²) >= 11 is 0. The minimum atomic E-state index is -1.15. The first kappa shape index (κ1) is 19.5. The van der Waals surface area contributed by atoms with Gasteiger partial charge in [0.15, 0.2) is 0 Å². The first-order chi connectivity index (χ1) is 11.2. The highest BCUT2D eigenvalue weighted by atomic mass is 19.1. The number of halogens is 2. The summed E-state index contributed by atoms with van der Waals surface area (Å²) in [5, 5.41) is 13.7. The van der Waals surface area contributed by atoms with Gasteiger partial charge in [0.1, 0.15) is 23.7 Å². The Bertz CT molecular complexity index is 602. The molecule has 0 bridgehead atoms. The molecule has 24 heavy (non-hydrogen) atoms. The molecule has 8 heteroatoms. The van der Waals surface area contributed by atoms with Crippen LogP contribution in [0.1, 0.15) is 32.3 Å². The lowest BCUT2D eigenvalue weighted by Gasteiger charge is -2.18. The van der Waals surface area contributed by atoms with E-state index in [4.69, 9.17) is 5.11 Å². The number of aliphatic carboxylic acids is 1. The van der Waals surface area contributed by atoms with Crippen molar-refractivity contribution in [3.63, 3.8) is 0 Å². The number of benzene rings is 1. The third-order valence-corrected chi connectivity index (χ3v) is 3.25. The maximum absolute atomic E-state index is 13.1. The maximum Gasteiger partial charge on any atom is 0.326 e. The second-order valence-corrected chi connectivity index (χ2v) is 5.43. The van der Waals surface area contributed by atoms with Gasteiger partial charge in [0.2, 0.25) is 11.8 Å². The van der Waals surface area contributed by atoms with Gasteiger partial charge in [0.05, 0.1) is 6.42 Å². The van der Waals surface area contributed by atoms with Crippen molar-refractivity contribution < 1.29 is 28.3 Å². The molecule has 2 atom stereocenters. The van der Waals surface area contributed by atoms with Crippen LogP contribution in [0, 0.1) is 11.6 Å². The van der Waals surface area contributed by atoms with Crippen molar-refractivity contribution in [2.24, 2.45) is 0 Å². The summed E-state index contributed by atoms with van der Waals surface area (Å²) in [6.07, 6.45) is 0.539. The zero-order valence-electron chi connectivity index (χ0n) is 13.4. The van der Waals surface area contributed by atoms with Crippen LogP contribution in [0.15, 0.2) is 18.2 Å². The van der Waals surface area contributed by atoms with Gasteiger partial charge in [0, 0.05) is 6.07 Å². The van der Waals surface area contributed by atoms with Gasteiger partial charge in [-0.05, 0) is 31.0 Å². The van der Waals surface area contributed by atoms with Crippen molar-refractivity contribution in [2.45, 2.75) is 45.2 Å². The summed E-state index contributed by atoms with van der Waals surface area (Å²) in [4.78, 5) is 34.8. The van der Waals surface area contributed by atoms with Crippen molar-refractivity contribution >= 4 is 17.8 Å². The second-order valence-electron chi connectivity index (χ2n) is 5.43. The molecule has 0 spiro atoms. The van der Waals surface area contributed by atoms with Gasteiger partial charge in [-0.3, -0.25) is 9.59 Å². The van der Waals surface area contributed by atoms with E-state index in [1.54, 1.807) is 6.92 Å². The Kier molecular flexibility index (Phi) is 7.29. The zero-order chi connectivity index (χ0) is 18.3. The van der Waals surface area contributed by atoms with Crippen LogP contribution in [-0.2, 0) is 20.8 Å². The van der Waals surface area contributed by atoms with Crippen LogP contribution in [0.2, 0.25) is 0 Å². The maximum atomic E-state index is 13.1. The molecule has 132 valence electrons. The second kappa shape index (κ2) is 8.95. The number of nitrogens with one attached hydrogen (secondary N) is 2. The minimum Gasteiger partial charge on any atom is -0.480 e. The van der Waals surface area contributed by atoms with Gasteiger partial charge in [-0.1, -0.05) is 13.3 Å². The van der Waals surface area contributed by atoms with Gasteiger partial charge >= 0.3 is 5.97 Å². The molecule has 0 unspecified atom stereocenters. The third-order valence-electron chi connectivity index (χ3n) is 3.25. The van der Waals surface area contributed by atoms with E-state index in [0.717, 1.165) is 12.1 Å². The van der Waals surface area contributed by atoms with Gasteiger partial charge in [-0.2, -0.15) is 0 Å². The molecule has 0 saturated heterocycles. The van der Waals surface area contributed by atoms with Crippen LogP contribution in [0.3, 0.4) is 0 Å². The molecule has 1 aromatic rings. The molecule has 0 aromatic heterocycles. The smallest absolute Gasteiger partial charge is 0.326 e. The highest BCUT2D eigenvalue weighted by Gasteiger charge is 2.23. The average Bonchev–Trinajstić information content (AvgIpc) is 2.44. The molecule has 1 rings (SSSR count). The number of hydrogen-bond donors (Lipinski definition) is 3. The fraction of sp³-hybridized carbons (Fsp3) is 0.438. The Morgan fingerprint density at radius 1 is 1.12 bits per heavy atom. The van der Waals surface area contributed by atoms with Crippen LogP contribution >= 0.6 is 0 Å². The summed E-state index contributed by atoms with van der Waals surface area (Å²) in [6.45, 7) is 3.18. The van der Waals surface area contributed by atoms with Crippen LogP contribution in [0.4, 0.5) is 8.78 Å². The van der Waals surface area contributed by atoms with Gasteiger partial charge < -0.3 is 15.7 Å². The molecule has 1 aromatic carbocycles. The number of rotatable bonds is 8. The topological polar surface area (TPSA) is 95.5 Å². The first-order valence-electron chi connectivity index (χ1n) is 7.50. The fourth-order valence-electron chi connectivity index (χ4n) is 2.10. The quantitative estimate of drug-likeness (QED) is 0.665. The lowest BCUT2D eigenvalue weighted by atomic mass is 10.1. The Morgan fingerprint density at radius 3 is 2.21 bits per heavy atom. The zero-order valence-corrected chi connectivity index (χ0v) is 13.4. The van der Waals surface area contributed by atoms with Crippen molar-refractivity contribution in [3.05, 3.63) is 35.4 Å². The lowest BCUT2D eigenvalue weighted by Crippen LogP contribution is -2.50. The van der Waals surface area contributed by atoms with Gasteiger partial charge in [0.25, 0.3) is 0 Å². The molecule has 3 N–H and O–H groups in total. The first-order valence-corrected chi connectivity index (χ1v) is 7.50. The van der Waals surface area contributed by atoms with E-state index < -0.39 is 41.5 Å². The molecule has 0 heterocycles. The van der Waals surface area contributed by atoms with Gasteiger partial charge in [-0.15, -0.1) is 0 Å². The minimum absolute atomic E-state index is 0.131. The summed E-state index contributed by atoms with van der Waals surface area (Å²) in [5.74, 6) is -4.00. The molecule has 2 amide bonds. The number of amides is 2. The van der Waals surface area contributed by atoms with Gasteiger partial charge in [-0.25, -0.2) is 13.6 Å². The van der Waals surface area contributed by atoms with Crippen LogP contribution in [-0.4, -0.2) is 35.0 Å². The highest BCUT2D eigenvalue weighted by molar-refractivity contribution is 5.90. The SMILES string of the molecule is CCC[C@H](NC(=O)[C@H](C)NC(=O)Cc1cc(F)cc(F)c1)C(=O)O. The Balaban J connectivity index is 2.59. The number of carboxylic acids is 1. The number of carboxylic acid groups (broad SMARTS) is 1. The van der Waals surface area contributed by atoms with Crippen molar-refractivity contribution in [1.29, 1.82) is 0 Å². The monoisotopic (exact) mass is 342 g/mol. The number of hydrogen-bond acceptors (Lipinski definition) is 3. The van der Waals surface area contributed by atoms with E-state index in [2.05, 4.69) is 10.6 Å². The van der Waals surface area contributed by atoms with E-state index in [9.17, 15) is 23.2 Å². The third kappa shape index (κ3) is 6.31. The van der Waals surface area contributed by atoms with E-state index in [1.807, 2.05) is 0 Å². The molecular formula is C16H20F2N2O4. The molecule has 0 radical (unpaired) electrons. The predicted molar refractivity (Wildman–Crippen MR) is 82.1 cm³/mol. The highest BCUT2D eigenvalue weighted by Crippen LogP contribution is 2.08. The summed E-state index contributed by atoms with van der Waals surface area (Å²) in [5.41, 5.74) is 0.131. The van der Waals surface area contributed by atoms with Crippen LogP contribution < -0.4 is 10.6 Å². The lowest BCUT2D eigenvalue weighted by molar-refractivity contribution is -0.142. The normalized spacial score (nSPS) is 13.0. The Hall–Kier alpha value is -2.51. The fourth-order valence-corrected chi connectivity index (χ4v) is 2.10. The number of carbonyl (C=O) groups excluding carboxylic acids is 2. The van der Waals surface area contributed by atoms with Crippen molar-refractivity contribution in [3.8, 4) is 0 Å². The molecule has 0 fully saturated rings. The largest absolute Gasteiger partial charge is 0.480 e. The van der Waals surface area contributed by atoms with E-state index in [-0.39, 0.29) is 18.4 Å². The molecule has 0 aliphatic rings. The summed E-state index contributed by atoms with van der Waals surface area (Å²) < 4.78 is 26.1. The standard InChI is InChI=1S/C16H20F2N2O4/c1-3-4-13(16(23)24)20-15(22)9(2)19-14(21)7-10-5-11(17)8-12(18)6-10/h5-6,8-9,13H,3-4,7H2,1-2H3,(H,19,21)(H,20,22)(H,23,24)/t9-,13-/m0/s1. The molecule has 6 nitrogen and oxygen atoms in total. The van der Waals surface area contributed by atoms with Crippen molar-refractivity contribution in [1.82, 2.24) is 10.6 Å². The van der Waals surface area contributed by atoms with E-state index >= 15 is 0 Å². The van der Waals surface area contributed by atoms with E-state index in [1.165, 1.54) is 6.92 Å². The summed E-state index contributed by atoms with van der Waals surface area (Å²) in [6, 6.07) is 0.732. The van der Waals surface area contributed by atoms with E-state index in [0.29, 0.717) is 12.5 Å². The molecule has 0 aliphatic carbocycles. The Morgan fingerprint density at radius 2 is 1.71 bits per heavy atom. The summed E-state index contributed by atoms with van der Waals surface area (Å²) in [7, 11) is 0. The molecular weight excluding hydrogens is 322 g/mol. The molecule has 0 saturated carbocycles. The number of carbonyl (C=O) groups is 3. The van der Waals surface area contributed by atoms with Crippen LogP contribution in [0.5, 0.6) is 0 Å². The molecule has 0 aliphatic heterocycles.